The van der Waals surface area contributed by atoms with Gasteiger partial charge in [-0.25, -0.2) is 0 Å². The van der Waals surface area contributed by atoms with E-state index in [0.29, 0.717) is 12.2 Å². The van der Waals surface area contributed by atoms with Crippen LogP contribution in [0.1, 0.15) is 22.8 Å². The molecule has 0 radical (unpaired) electrons. The van der Waals surface area contributed by atoms with E-state index < -0.39 is 11.7 Å². The van der Waals surface area contributed by atoms with Crippen LogP contribution in [0.5, 0.6) is 0 Å². The number of nitrogens with one attached hydrogen (secondary N) is 2. The first-order chi connectivity index (χ1) is 10.4. The van der Waals surface area contributed by atoms with E-state index in [1.807, 2.05) is 0 Å². The van der Waals surface area contributed by atoms with Crippen LogP contribution >= 0.6 is 0 Å². The number of nitrogens with zero attached hydrogens (tertiary/aromatic N) is 1. The molecule has 0 saturated heterocycles. The molecule has 0 bridgehead atoms. The Hall–Kier alpha value is -2.57. The maximum absolute atomic E-state index is 12.7. The van der Waals surface area contributed by atoms with Crippen LogP contribution in [0.3, 0.4) is 0 Å². The number of hydrogen-bond acceptors (Lipinski definition) is 3. The van der Waals surface area contributed by atoms with E-state index in [2.05, 4.69) is 15.6 Å². The summed E-state index contributed by atoms with van der Waals surface area (Å²) in [6, 6.07) is 6.31. The van der Waals surface area contributed by atoms with Crippen LogP contribution in [0.25, 0.3) is 0 Å². The Labute approximate surface area is 125 Å². The fourth-order valence-corrected chi connectivity index (χ4v) is 1.87. The molecular weight excluding hydrogens is 295 g/mol. The van der Waals surface area contributed by atoms with Crippen molar-refractivity contribution in [3.63, 3.8) is 0 Å². The largest absolute Gasteiger partial charge is 0.416 e. The molecule has 2 rings (SSSR count). The maximum Gasteiger partial charge on any atom is 0.416 e. The third-order valence-electron chi connectivity index (χ3n) is 2.87. The van der Waals surface area contributed by atoms with Crippen molar-refractivity contribution in [1.29, 1.82) is 0 Å². The number of pyridine rings is 1. The lowest BCUT2D eigenvalue weighted by atomic mass is 10.1. The third kappa shape index (κ3) is 3.75. The minimum Gasteiger partial charge on any atom is -0.355 e. The van der Waals surface area contributed by atoms with Crippen LogP contribution < -0.4 is 10.6 Å². The number of hydrogen-bond donors (Lipinski definition) is 2. The van der Waals surface area contributed by atoms with Gasteiger partial charge in [0.15, 0.2) is 0 Å². The molecule has 116 valence electrons. The highest BCUT2D eigenvalue weighted by Gasteiger charge is 2.30. The summed E-state index contributed by atoms with van der Waals surface area (Å²) >= 11 is 0. The molecule has 0 unspecified atom stereocenters. The molecule has 22 heavy (non-hydrogen) atoms. The zero-order chi connectivity index (χ0) is 16.2. The van der Waals surface area contributed by atoms with Gasteiger partial charge < -0.3 is 10.6 Å². The number of anilines is 2. The molecular formula is C15H14F3N3O. The zero-order valence-corrected chi connectivity index (χ0v) is 11.7. The molecule has 0 aliphatic heterocycles. The van der Waals surface area contributed by atoms with Gasteiger partial charge >= 0.3 is 6.18 Å². The van der Waals surface area contributed by atoms with E-state index >= 15 is 0 Å². The third-order valence-corrected chi connectivity index (χ3v) is 2.87. The van der Waals surface area contributed by atoms with Crippen molar-refractivity contribution in [3.8, 4) is 0 Å². The van der Waals surface area contributed by atoms with E-state index in [0.717, 1.165) is 12.1 Å². The van der Waals surface area contributed by atoms with Crippen molar-refractivity contribution in [3.05, 3.63) is 53.9 Å². The lowest BCUT2D eigenvalue weighted by Gasteiger charge is -2.13. The van der Waals surface area contributed by atoms with Gasteiger partial charge in [0, 0.05) is 24.6 Å². The molecule has 0 atom stereocenters. The van der Waals surface area contributed by atoms with Gasteiger partial charge in [0.25, 0.3) is 5.91 Å². The van der Waals surface area contributed by atoms with Crippen LogP contribution in [-0.2, 0) is 6.18 Å². The molecule has 2 aromatic rings. The first kappa shape index (κ1) is 15.8. The molecule has 0 fully saturated rings. The summed E-state index contributed by atoms with van der Waals surface area (Å²) in [5.74, 6) is -0.343. The molecule has 1 amide bonds. The number of carbonyl (C=O) groups excluding carboxylic acids is 1. The number of alkyl halides is 3. The van der Waals surface area contributed by atoms with Gasteiger partial charge in [-0.2, -0.15) is 13.2 Å². The van der Waals surface area contributed by atoms with E-state index in [1.54, 1.807) is 6.92 Å². The molecule has 1 heterocycles. The summed E-state index contributed by atoms with van der Waals surface area (Å²) in [4.78, 5) is 15.8. The average Bonchev–Trinajstić information content (AvgIpc) is 2.47. The van der Waals surface area contributed by atoms with E-state index in [9.17, 15) is 18.0 Å². The number of amides is 1. The van der Waals surface area contributed by atoms with E-state index in [-0.39, 0.29) is 17.2 Å². The highest BCUT2D eigenvalue weighted by molar-refractivity contribution is 5.99. The molecule has 0 saturated carbocycles. The minimum absolute atomic E-state index is 0.242. The first-order valence-corrected chi connectivity index (χ1v) is 6.58. The fraction of sp³-hybridized carbons (Fsp3) is 0.200. The Bertz CT molecular complexity index is 671. The molecule has 4 nitrogen and oxygen atoms in total. The SMILES string of the molecule is CCNC(=O)c1cnccc1Nc1cccc(C(F)(F)F)c1. The monoisotopic (exact) mass is 309 g/mol. The van der Waals surface area contributed by atoms with Gasteiger partial charge in [0.1, 0.15) is 0 Å². The standard InChI is InChI=1S/C15H14F3N3O/c1-2-20-14(22)12-9-19-7-6-13(12)21-11-5-3-4-10(8-11)15(16,17)18/h3-9H,2H2,1H3,(H,19,21)(H,20,22). The summed E-state index contributed by atoms with van der Waals surface area (Å²) < 4.78 is 38.1. The predicted octanol–water partition coefficient (Wildman–Crippen LogP) is 3.59. The van der Waals surface area contributed by atoms with Crippen LogP contribution in [0.2, 0.25) is 0 Å². The Balaban J connectivity index is 2.30. The van der Waals surface area contributed by atoms with Crippen molar-refractivity contribution < 1.29 is 18.0 Å². The Morgan fingerprint density at radius 2 is 2.05 bits per heavy atom. The summed E-state index contributed by atoms with van der Waals surface area (Å²) in [6.07, 6.45) is -1.60. The van der Waals surface area contributed by atoms with Gasteiger partial charge in [-0.1, -0.05) is 6.07 Å². The molecule has 1 aromatic heterocycles. The minimum atomic E-state index is -4.42. The van der Waals surface area contributed by atoms with Crippen LogP contribution in [-0.4, -0.2) is 17.4 Å². The lowest BCUT2D eigenvalue weighted by molar-refractivity contribution is -0.137. The van der Waals surface area contributed by atoms with E-state index in [1.165, 1.54) is 30.6 Å². The van der Waals surface area contributed by atoms with Gasteiger partial charge in [-0.15, -0.1) is 0 Å². The highest BCUT2D eigenvalue weighted by Crippen LogP contribution is 2.31. The van der Waals surface area contributed by atoms with Crippen LogP contribution in [0.15, 0.2) is 42.7 Å². The number of benzene rings is 1. The molecule has 0 spiro atoms. The van der Waals surface area contributed by atoms with Gasteiger partial charge in [0.05, 0.1) is 16.8 Å². The van der Waals surface area contributed by atoms with Crippen molar-refractivity contribution in [1.82, 2.24) is 10.3 Å². The Morgan fingerprint density at radius 1 is 1.27 bits per heavy atom. The van der Waals surface area contributed by atoms with E-state index in [4.69, 9.17) is 0 Å². The van der Waals surface area contributed by atoms with Crippen LogP contribution in [0.4, 0.5) is 24.5 Å². The number of carbonyl (C=O) groups is 1. The normalized spacial score (nSPS) is 11.1. The number of aromatic nitrogens is 1. The number of halogens is 3. The van der Waals surface area contributed by atoms with Gasteiger partial charge in [-0.05, 0) is 31.2 Å². The summed E-state index contributed by atoms with van der Waals surface area (Å²) in [5.41, 5.74) is 0.139. The quantitative estimate of drug-likeness (QED) is 0.907. The lowest BCUT2D eigenvalue weighted by Crippen LogP contribution is -2.23. The predicted molar refractivity (Wildman–Crippen MR) is 77.0 cm³/mol. The molecule has 1 aromatic carbocycles. The Kier molecular flexibility index (Phi) is 4.65. The molecule has 7 heteroatoms. The maximum atomic E-state index is 12.7. The highest BCUT2D eigenvalue weighted by atomic mass is 19.4. The second-order valence-electron chi connectivity index (χ2n) is 4.48. The summed E-state index contributed by atoms with van der Waals surface area (Å²) in [5, 5.41) is 5.45. The topological polar surface area (TPSA) is 54.0 Å². The smallest absolute Gasteiger partial charge is 0.355 e. The second-order valence-corrected chi connectivity index (χ2v) is 4.48. The zero-order valence-electron chi connectivity index (χ0n) is 11.7. The van der Waals surface area contributed by atoms with Crippen molar-refractivity contribution in [2.24, 2.45) is 0 Å². The molecule has 2 N–H and O–H groups in total. The average molecular weight is 309 g/mol. The Morgan fingerprint density at radius 3 is 2.73 bits per heavy atom. The van der Waals surface area contributed by atoms with Crippen molar-refractivity contribution >= 4 is 17.3 Å². The fourth-order valence-electron chi connectivity index (χ4n) is 1.87. The van der Waals surface area contributed by atoms with Crippen molar-refractivity contribution in [2.45, 2.75) is 13.1 Å². The van der Waals surface area contributed by atoms with Gasteiger partial charge in [-0.3, -0.25) is 9.78 Å². The van der Waals surface area contributed by atoms with Crippen LogP contribution in [0, 0.1) is 0 Å². The molecule has 0 aliphatic rings. The number of rotatable bonds is 4. The molecule has 0 aliphatic carbocycles. The van der Waals surface area contributed by atoms with Crippen molar-refractivity contribution in [2.75, 3.05) is 11.9 Å². The first-order valence-electron chi connectivity index (χ1n) is 6.58. The van der Waals surface area contributed by atoms with Gasteiger partial charge in [0.2, 0.25) is 0 Å². The summed E-state index contributed by atoms with van der Waals surface area (Å²) in [7, 11) is 0. The summed E-state index contributed by atoms with van der Waals surface area (Å²) in [6.45, 7) is 2.21. The second kappa shape index (κ2) is 6.46.